The van der Waals surface area contributed by atoms with Crippen molar-refractivity contribution in [2.75, 3.05) is 0 Å². The number of rotatable bonds is 4. The number of hydrogen-bond acceptors (Lipinski definition) is 2. The van der Waals surface area contributed by atoms with Gasteiger partial charge in [-0.2, -0.15) is 0 Å². The molecule has 0 radical (unpaired) electrons. The molecule has 0 aliphatic heterocycles. The van der Waals surface area contributed by atoms with Gasteiger partial charge in [0.05, 0.1) is 6.04 Å². The minimum absolute atomic E-state index is 0.127. The van der Waals surface area contributed by atoms with Crippen LogP contribution in [0.5, 0.6) is 0 Å². The summed E-state index contributed by atoms with van der Waals surface area (Å²) in [5.41, 5.74) is 5.74. The Morgan fingerprint density at radius 2 is 2.17 bits per heavy atom. The first-order chi connectivity index (χ1) is 5.61. The minimum atomic E-state index is -0.231. The maximum absolute atomic E-state index is 10.9. The molecule has 0 saturated heterocycles. The van der Waals surface area contributed by atoms with Crippen LogP contribution in [0.3, 0.4) is 0 Å². The fraction of sp³-hybridized carbons (Fsp3) is 0.900. The predicted molar refractivity (Wildman–Crippen MR) is 49.8 cm³/mol. The molecule has 2 N–H and O–H groups in total. The third kappa shape index (κ3) is 2.31. The van der Waals surface area contributed by atoms with E-state index >= 15 is 0 Å². The van der Waals surface area contributed by atoms with Gasteiger partial charge in [-0.25, -0.2) is 0 Å². The maximum Gasteiger partial charge on any atom is 0.146 e. The van der Waals surface area contributed by atoms with Crippen LogP contribution in [-0.4, -0.2) is 11.8 Å². The molecule has 1 fully saturated rings. The first-order valence-corrected chi connectivity index (χ1v) is 4.87. The van der Waals surface area contributed by atoms with E-state index in [1.165, 1.54) is 19.3 Å². The van der Waals surface area contributed by atoms with Crippen LogP contribution in [-0.2, 0) is 4.79 Å². The lowest BCUT2D eigenvalue weighted by molar-refractivity contribution is -0.119. The molecule has 0 aromatic rings. The second-order valence-electron chi connectivity index (χ2n) is 4.15. The second-order valence-corrected chi connectivity index (χ2v) is 4.15. The number of carbonyl (C=O) groups excluding carboxylic acids is 1. The van der Waals surface area contributed by atoms with Crippen LogP contribution in [0, 0.1) is 11.8 Å². The zero-order chi connectivity index (χ0) is 9.14. The third-order valence-electron chi connectivity index (χ3n) is 3.01. The van der Waals surface area contributed by atoms with E-state index in [1.807, 2.05) is 0 Å². The van der Waals surface area contributed by atoms with Gasteiger partial charge in [0.15, 0.2) is 0 Å². The molecule has 0 unspecified atom stereocenters. The van der Waals surface area contributed by atoms with E-state index in [0.29, 0.717) is 5.92 Å². The number of Topliss-reactive ketones (excluding diaryl/α,β-unsaturated/α-hetero) is 1. The van der Waals surface area contributed by atoms with E-state index < -0.39 is 0 Å². The van der Waals surface area contributed by atoms with Crippen LogP contribution in [0.2, 0.25) is 0 Å². The van der Waals surface area contributed by atoms with Crippen molar-refractivity contribution in [1.82, 2.24) is 0 Å². The van der Waals surface area contributed by atoms with Crippen molar-refractivity contribution in [2.24, 2.45) is 17.6 Å². The van der Waals surface area contributed by atoms with Crippen LogP contribution in [0.1, 0.15) is 39.5 Å². The lowest BCUT2D eigenvalue weighted by atomic mass is 9.77. The van der Waals surface area contributed by atoms with Crippen molar-refractivity contribution in [1.29, 1.82) is 0 Å². The summed E-state index contributed by atoms with van der Waals surface area (Å²) in [5.74, 6) is 1.35. The molecule has 2 heteroatoms. The molecule has 0 heterocycles. The first-order valence-electron chi connectivity index (χ1n) is 4.87. The van der Waals surface area contributed by atoms with Gasteiger partial charge in [-0.05, 0) is 25.2 Å². The zero-order valence-electron chi connectivity index (χ0n) is 8.05. The molecular formula is C10H19NO. The zero-order valence-corrected chi connectivity index (χ0v) is 8.05. The highest BCUT2D eigenvalue weighted by molar-refractivity contribution is 5.81. The second kappa shape index (κ2) is 4.04. The highest BCUT2D eigenvalue weighted by atomic mass is 16.1. The largest absolute Gasteiger partial charge is 0.321 e. The maximum atomic E-state index is 10.9. The van der Waals surface area contributed by atoms with Crippen LogP contribution in [0.4, 0.5) is 0 Å². The number of carbonyl (C=O) groups is 1. The molecule has 0 aromatic carbocycles. The number of ketones is 1. The van der Waals surface area contributed by atoms with Crippen LogP contribution in [0.15, 0.2) is 0 Å². The summed E-state index contributed by atoms with van der Waals surface area (Å²) in [6.45, 7) is 3.67. The Kier molecular flexibility index (Phi) is 3.27. The minimum Gasteiger partial charge on any atom is -0.321 e. The first kappa shape index (κ1) is 9.72. The highest BCUT2D eigenvalue weighted by Gasteiger charge is 2.24. The molecule has 1 rings (SSSR count). The molecule has 70 valence electrons. The van der Waals surface area contributed by atoms with Gasteiger partial charge in [0.1, 0.15) is 5.78 Å². The molecule has 1 aliphatic carbocycles. The van der Waals surface area contributed by atoms with Gasteiger partial charge in [0.2, 0.25) is 0 Å². The van der Waals surface area contributed by atoms with Crippen LogP contribution >= 0.6 is 0 Å². The van der Waals surface area contributed by atoms with Crippen LogP contribution < -0.4 is 5.73 Å². The standard InChI is InChI=1S/C10H19NO/c1-7(10(11)8(2)12)6-9-4-3-5-9/h7,9-10H,3-6,11H2,1-2H3/t7-,10+/m0/s1. The van der Waals surface area contributed by atoms with Crippen molar-refractivity contribution < 1.29 is 4.79 Å². The van der Waals surface area contributed by atoms with E-state index in [-0.39, 0.29) is 11.8 Å². The normalized spacial score (nSPS) is 22.9. The molecular weight excluding hydrogens is 150 g/mol. The smallest absolute Gasteiger partial charge is 0.146 e. The number of hydrogen-bond donors (Lipinski definition) is 1. The molecule has 0 aromatic heterocycles. The monoisotopic (exact) mass is 169 g/mol. The van der Waals surface area contributed by atoms with Crippen LogP contribution in [0.25, 0.3) is 0 Å². The van der Waals surface area contributed by atoms with Gasteiger partial charge in [0, 0.05) is 0 Å². The van der Waals surface area contributed by atoms with Crippen molar-refractivity contribution in [2.45, 2.75) is 45.6 Å². The van der Waals surface area contributed by atoms with Gasteiger partial charge < -0.3 is 5.73 Å². The number of nitrogens with two attached hydrogens (primary N) is 1. The molecule has 12 heavy (non-hydrogen) atoms. The lowest BCUT2D eigenvalue weighted by Crippen LogP contribution is -2.36. The SMILES string of the molecule is CC(=O)[C@H](N)[C@@H](C)CC1CCC1. The van der Waals surface area contributed by atoms with Crippen molar-refractivity contribution in [3.63, 3.8) is 0 Å². The predicted octanol–water partition coefficient (Wildman–Crippen LogP) is 1.73. The Balaban J connectivity index is 2.25. The average Bonchev–Trinajstić information content (AvgIpc) is 1.94. The van der Waals surface area contributed by atoms with Gasteiger partial charge in [0.25, 0.3) is 0 Å². The summed E-state index contributed by atoms with van der Waals surface area (Å²) in [7, 11) is 0. The Hall–Kier alpha value is -0.370. The van der Waals surface area contributed by atoms with E-state index in [4.69, 9.17) is 5.73 Å². The van der Waals surface area contributed by atoms with E-state index in [0.717, 1.165) is 12.3 Å². The Labute approximate surface area is 74.5 Å². The van der Waals surface area contributed by atoms with Gasteiger partial charge in [-0.1, -0.05) is 26.2 Å². The van der Waals surface area contributed by atoms with Crippen molar-refractivity contribution >= 4 is 5.78 Å². The summed E-state index contributed by atoms with van der Waals surface area (Å²) in [4.78, 5) is 10.9. The van der Waals surface area contributed by atoms with E-state index in [9.17, 15) is 4.79 Å². The summed E-state index contributed by atoms with van der Waals surface area (Å²) in [6, 6.07) is -0.231. The molecule has 2 nitrogen and oxygen atoms in total. The Bertz CT molecular complexity index is 163. The molecule has 0 spiro atoms. The topological polar surface area (TPSA) is 43.1 Å². The fourth-order valence-electron chi connectivity index (χ4n) is 1.80. The molecule has 0 bridgehead atoms. The Morgan fingerprint density at radius 3 is 2.50 bits per heavy atom. The van der Waals surface area contributed by atoms with E-state index in [2.05, 4.69) is 6.92 Å². The summed E-state index contributed by atoms with van der Waals surface area (Å²) >= 11 is 0. The molecule has 1 aliphatic rings. The van der Waals surface area contributed by atoms with E-state index in [1.54, 1.807) is 6.92 Å². The van der Waals surface area contributed by atoms with Crippen molar-refractivity contribution in [3.8, 4) is 0 Å². The third-order valence-corrected chi connectivity index (χ3v) is 3.01. The quantitative estimate of drug-likeness (QED) is 0.696. The van der Waals surface area contributed by atoms with Gasteiger partial charge >= 0.3 is 0 Å². The fourth-order valence-corrected chi connectivity index (χ4v) is 1.80. The summed E-state index contributed by atoms with van der Waals surface area (Å²) in [6.07, 6.45) is 5.19. The summed E-state index contributed by atoms with van der Waals surface area (Å²) in [5, 5.41) is 0. The average molecular weight is 169 g/mol. The van der Waals surface area contributed by atoms with Crippen molar-refractivity contribution in [3.05, 3.63) is 0 Å². The van der Waals surface area contributed by atoms with Gasteiger partial charge in [-0.3, -0.25) is 4.79 Å². The van der Waals surface area contributed by atoms with Gasteiger partial charge in [-0.15, -0.1) is 0 Å². The molecule has 2 atom stereocenters. The molecule has 1 saturated carbocycles. The lowest BCUT2D eigenvalue weighted by Gasteiger charge is -2.29. The summed E-state index contributed by atoms with van der Waals surface area (Å²) < 4.78 is 0. The highest BCUT2D eigenvalue weighted by Crippen LogP contribution is 2.32. The molecule has 0 amide bonds. The Morgan fingerprint density at radius 1 is 1.58 bits per heavy atom.